The van der Waals surface area contributed by atoms with Crippen molar-refractivity contribution in [2.24, 2.45) is 10.8 Å². The maximum absolute atomic E-state index is 5.29. The molecule has 0 saturated heterocycles. The zero-order valence-electron chi connectivity index (χ0n) is 15.4. The highest BCUT2D eigenvalue weighted by atomic mass is 32.1. The molecule has 0 radical (unpaired) electrons. The summed E-state index contributed by atoms with van der Waals surface area (Å²) in [5.74, 6) is 1.02. The topological polar surface area (TPSA) is 66.5 Å². The van der Waals surface area contributed by atoms with Crippen LogP contribution in [0.25, 0.3) is 11.6 Å². The van der Waals surface area contributed by atoms with Gasteiger partial charge in [-0.05, 0) is 68.8 Å². The van der Waals surface area contributed by atoms with Gasteiger partial charge in [0, 0.05) is 25.0 Å². The molecular formula is C19H25N5S. The van der Waals surface area contributed by atoms with Gasteiger partial charge in [0.1, 0.15) is 5.82 Å². The molecule has 0 saturated carbocycles. The lowest BCUT2D eigenvalue weighted by molar-refractivity contribution is 0.591. The second-order valence-electron chi connectivity index (χ2n) is 6.68. The van der Waals surface area contributed by atoms with Gasteiger partial charge in [-0.2, -0.15) is 5.10 Å². The van der Waals surface area contributed by atoms with Crippen LogP contribution in [-0.2, 0) is 0 Å². The Morgan fingerprint density at radius 3 is 2.84 bits per heavy atom. The number of allylic oxidation sites excluding steroid dienone is 4. The Labute approximate surface area is 155 Å². The number of anilines is 1. The summed E-state index contributed by atoms with van der Waals surface area (Å²) in [5, 5.41) is 4.03. The lowest BCUT2D eigenvalue weighted by Gasteiger charge is -2.39. The molecule has 1 aromatic rings. The molecule has 6 heteroatoms. The minimum absolute atomic E-state index is 0.0278. The van der Waals surface area contributed by atoms with E-state index in [1.54, 1.807) is 6.21 Å². The first-order valence-electron chi connectivity index (χ1n) is 8.08. The summed E-state index contributed by atoms with van der Waals surface area (Å²) in [6.07, 6.45) is 11.7. The van der Waals surface area contributed by atoms with Gasteiger partial charge >= 0.3 is 0 Å². The van der Waals surface area contributed by atoms with Crippen LogP contribution in [0.2, 0.25) is 0 Å². The molecule has 0 unspecified atom stereocenters. The summed E-state index contributed by atoms with van der Waals surface area (Å²) in [7, 11) is 2.08. The summed E-state index contributed by atoms with van der Waals surface area (Å²) in [6.45, 7) is 8.52. The number of thiocarbonyl (C=S) groups is 1. The van der Waals surface area contributed by atoms with E-state index >= 15 is 0 Å². The van der Waals surface area contributed by atoms with Gasteiger partial charge in [0.15, 0.2) is 5.11 Å². The molecule has 1 aliphatic heterocycles. The monoisotopic (exact) mass is 355 g/mol. The third-order valence-electron chi connectivity index (χ3n) is 4.19. The lowest BCUT2D eigenvalue weighted by atomic mass is 9.91. The quantitative estimate of drug-likeness (QED) is 0.374. The van der Waals surface area contributed by atoms with Crippen molar-refractivity contribution >= 4 is 41.0 Å². The average Bonchev–Trinajstić information content (AvgIpc) is 2.54. The Bertz CT molecular complexity index is 787. The normalized spacial score (nSPS) is 16.9. The van der Waals surface area contributed by atoms with Gasteiger partial charge in [-0.3, -0.25) is 5.43 Å². The first kappa shape index (κ1) is 18.9. The number of hydrogen-bond acceptors (Lipinski definition) is 4. The zero-order valence-corrected chi connectivity index (χ0v) is 16.2. The van der Waals surface area contributed by atoms with E-state index in [9.17, 15) is 0 Å². The summed E-state index contributed by atoms with van der Waals surface area (Å²) >= 11 is 4.67. The Balaban J connectivity index is 2.18. The molecule has 25 heavy (non-hydrogen) atoms. The molecule has 2 heterocycles. The van der Waals surface area contributed by atoms with Crippen molar-refractivity contribution in [2.75, 3.05) is 11.9 Å². The smallest absolute Gasteiger partial charge is 0.184 e. The maximum Gasteiger partial charge on any atom is 0.184 e. The molecule has 2 rings (SSSR count). The number of nitrogens with one attached hydrogen (secondary N) is 1. The fourth-order valence-corrected chi connectivity index (χ4v) is 2.69. The molecule has 1 aliphatic rings. The molecule has 0 spiro atoms. The van der Waals surface area contributed by atoms with Crippen LogP contribution < -0.4 is 16.1 Å². The van der Waals surface area contributed by atoms with Crippen molar-refractivity contribution in [3.05, 3.63) is 47.2 Å². The van der Waals surface area contributed by atoms with E-state index in [0.29, 0.717) is 0 Å². The van der Waals surface area contributed by atoms with Crippen LogP contribution in [0, 0.1) is 0 Å². The third kappa shape index (κ3) is 4.76. The number of pyridine rings is 1. The maximum atomic E-state index is 5.29. The minimum Gasteiger partial charge on any atom is -0.375 e. The molecule has 0 atom stereocenters. The SMILES string of the molecule is CC1=CC(C)(C)N(C)c2ncc(/C=C/C(C)=C\C=N\NC(N)=S)cc21. The molecule has 132 valence electrons. The van der Waals surface area contributed by atoms with Crippen molar-refractivity contribution < 1.29 is 0 Å². The van der Waals surface area contributed by atoms with E-state index in [1.807, 2.05) is 31.3 Å². The molecule has 0 bridgehead atoms. The molecular weight excluding hydrogens is 330 g/mol. The summed E-state index contributed by atoms with van der Waals surface area (Å²) in [6, 6.07) is 2.17. The van der Waals surface area contributed by atoms with Gasteiger partial charge in [0.25, 0.3) is 0 Å². The molecule has 0 aromatic carbocycles. The first-order valence-corrected chi connectivity index (χ1v) is 8.49. The zero-order chi connectivity index (χ0) is 18.6. The van der Waals surface area contributed by atoms with E-state index in [4.69, 9.17) is 5.73 Å². The molecule has 1 aromatic heterocycles. The van der Waals surface area contributed by atoms with Crippen molar-refractivity contribution in [3.8, 4) is 0 Å². The van der Waals surface area contributed by atoms with Crippen LogP contribution in [0.15, 0.2) is 41.2 Å². The Hall–Kier alpha value is -2.47. The van der Waals surface area contributed by atoms with Crippen LogP contribution in [0.5, 0.6) is 0 Å². The van der Waals surface area contributed by atoms with Gasteiger partial charge in [0.05, 0.1) is 5.54 Å². The summed E-state index contributed by atoms with van der Waals surface area (Å²) in [5.41, 5.74) is 12.3. The summed E-state index contributed by atoms with van der Waals surface area (Å²) in [4.78, 5) is 6.88. The Morgan fingerprint density at radius 1 is 1.44 bits per heavy atom. The number of rotatable bonds is 4. The fraction of sp³-hybridized carbons (Fsp3) is 0.316. The van der Waals surface area contributed by atoms with Crippen LogP contribution in [-0.4, -0.2) is 28.9 Å². The second-order valence-corrected chi connectivity index (χ2v) is 7.12. The van der Waals surface area contributed by atoms with Gasteiger partial charge in [-0.1, -0.05) is 18.2 Å². The largest absolute Gasteiger partial charge is 0.375 e. The second kappa shape index (κ2) is 7.61. The lowest BCUT2D eigenvalue weighted by Crippen LogP contribution is -2.42. The molecule has 5 nitrogen and oxygen atoms in total. The van der Waals surface area contributed by atoms with Crippen molar-refractivity contribution in [1.82, 2.24) is 10.4 Å². The molecule has 0 fully saturated rings. The van der Waals surface area contributed by atoms with Gasteiger partial charge in [-0.25, -0.2) is 4.98 Å². The standard InChI is InChI=1S/C19H25N5S/c1-13(8-9-22-23-18(20)25)6-7-15-10-16-14(2)11-19(3,4)24(5)17(16)21-12-15/h6-12H,1-5H3,(H3,20,23,25)/b7-6+,13-8-,22-9+. The molecule has 3 N–H and O–H groups in total. The predicted molar refractivity (Wildman–Crippen MR) is 112 cm³/mol. The number of hydrogen-bond donors (Lipinski definition) is 2. The van der Waals surface area contributed by atoms with Crippen LogP contribution in [0.4, 0.5) is 5.82 Å². The fourth-order valence-electron chi connectivity index (χ4n) is 2.64. The van der Waals surface area contributed by atoms with E-state index < -0.39 is 0 Å². The minimum atomic E-state index is -0.0278. The van der Waals surface area contributed by atoms with Crippen LogP contribution >= 0.6 is 12.2 Å². The first-order chi connectivity index (χ1) is 11.7. The Kier molecular flexibility index (Phi) is 5.74. The number of aromatic nitrogens is 1. The number of nitrogens with two attached hydrogens (primary N) is 1. The third-order valence-corrected chi connectivity index (χ3v) is 4.28. The number of nitrogens with zero attached hydrogens (tertiary/aromatic N) is 3. The van der Waals surface area contributed by atoms with E-state index in [2.05, 4.69) is 72.6 Å². The number of hydrazone groups is 1. The summed E-state index contributed by atoms with van der Waals surface area (Å²) < 4.78 is 0. The van der Waals surface area contributed by atoms with Gasteiger partial charge in [0.2, 0.25) is 0 Å². The van der Waals surface area contributed by atoms with Crippen molar-refractivity contribution in [2.45, 2.75) is 33.2 Å². The van der Waals surface area contributed by atoms with Gasteiger partial charge in [-0.15, -0.1) is 0 Å². The number of likely N-dealkylation sites (N-methyl/N-ethyl adjacent to an activating group) is 1. The Morgan fingerprint density at radius 2 is 2.16 bits per heavy atom. The highest BCUT2D eigenvalue weighted by molar-refractivity contribution is 7.80. The highest BCUT2D eigenvalue weighted by Crippen LogP contribution is 2.36. The highest BCUT2D eigenvalue weighted by Gasteiger charge is 2.29. The average molecular weight is 356 g/mol. The molecule has 0 aliphatic carbocycles. The van der Waals surface area contributed by atoms with E-state index in [1.165, 1.54) is 11.1 Å². The number of fused-ring (bicyclic) bond motifs is 1. The predicted octanol–water partition coefficient (Wildman–Crippen LogP) is 3.49. The van der Waals surface area contributed by atoms with E-state index in [0.717, 1.165) is 17.0 Å². The molecule has 0 amide bonds. The van der Waals surface area contributed by atoms with Crippen LogP contribution in [0.3, 0.4) is 0 Å². The van der Waals surface area contributed by atoms with Crippen LogP contribution in [0.1, 0.15) is 38.8 Å². The van der Waals surface area contributed by atoms with Crippen molar-refractivity contribution in [3.63, 3.8) is 0 Å². The van der Waals surface area contributed by atoms with E-state index in [-0.39, 0.29) is 10.7 Å². The van der Waals surface area contributed by atoms with Crippen molar-refractivity contribution in [1.29, 1.82) is 0 Å². The van der Waals surface area contributed by atoms with Gasteiger partial charge < -0.3 is 10.6 Å².